The van der Waals surface area contributed by atoms with Gasteiger partial charge in [-0.1, -0.05) is 63.6 Å². The lowest BCUT2D eigenvalue weighted by molar-refractivity contribution is 0.306. The largest absolute Gasteiger partial charge is 0.328 e. The highest BCUT2D eigenvalue weighted by atomic mass is 32.2. The Labute approximate surface area is 141 Å². The lowest BCUT2D eigenvalue weighted by Gasteiger charge is -2.08. The average molecular weight is 342 g/mol. The van der Waals surface area contributed by atoms with Gasteiger partial charge in [0.1, 0.15) is 0 Å². The standard InChI is InChI=1S/C18H31NO3S/c1-2-17(19)13-9-6-4-3-5-7-12-16-22-23(20,21)18-14-10-8-11-15-18/h8,10-11,14-15,17H,2-7,9,12-13,16,19H2,1H3. The second-order valence-corrected chi connectivity index (χ2v) is 7.64. The molecule has 4 nitrogen and oxygen atoms in total. The van der Waals surface area contributed by atoms with E-state index in [1.807, 2.05) is 0 Å². The maximum absolute atomic E-state index is 11.9. The van der Waals surface area contributed by atoms with Gasteiger partial charge in [0.2, 0.25) is 0 Å². The number of hydrogen-bond donors (Lipinski definition) is 1. The van der Waals surface area contributed by atoms with E-state index in [2.05, 4.69) is 6.92 Å². The third-order valence-corrected chi connectivity index (χ3v) is 5.34. The Morgan fingerprint density at radius 1 is 0.957 bits per heavy atom. The highest BCUT2D eigenvalue weighted by Crippen LogP contribution is 2.13. The van der Waals surface area contributed by atoms with Gasteiger partial charge in [0.15, 0.2) is 0 Å². The summed E-state index contributed by atoms with van der Waals surface area (Å²) in [5, 5.41) is 0. The fourth-order valence-electron chi connectivity index (χ4n) is 2.42. The van der Waals surface area contributed by atoms with Gasteiger partial charge in [0, 0.05) is 6.04 Å². The monoisotopic (exact) mass is 341 g/mol. The van der Waals surface area contributed by atoms with Crippen LogP contribution < -0.4 is 5.73 Å². The first-order valence-electron chi connectivity index (χ1n) is 8.76. The maximum atomic E-state index is 11.9. The summed E-state index contributed by atoms with van der Waals surface area (Å²) in [6.07, 6.45) is 10.0. The third kappa shape index (κ3) is 9.08. The SMILES string of the molecule is CCC(N)CCCCCCCCCOS(=O)(=O)c1ccccc1. The van der Waals surface area contributed by atoms with Crippen molar-refractivity contribution < 1.29 is 12.6 Å². The van der Waals surface area contributed by atoms with Crippen LogP contribution in [0.5, 0.6) is 0 Å². The predicted molar refractivity (Wildman–Crippen MR) is 94.8 cm³/mol. The van der Waals surface area contributed by atoms with E-state index in [1.165, 1.54) is 25.7 Å². The second-order valence-electron chi connectivity index (χ2n) is 6.02. The van der Waals surface area contributed by atoms with Crippen LogP contribution in [0.15, 0.2) is 35.2 Å². The first-order valence-corrected chi connectivity index (χ1v) is 10.2. The van der Waals surface area contributed by atoms with Crippen molar-refractivity contribution in [1.82, 2.24) is 0 Å². The van der Waals surface area contributed by atoms with Crippen LogP contribution in [-0.4, -0.2) is 21.1 Å². The van der Waals surface area contributed by atoms with E-state index in [-0.39, 0.29) is 11.5 Å². The summed E-state index contributed by atoms with van der Waals surface area (Å²) in [6.45, 7) is 2.40. The highest BCUT2D eigenvalue weighted by molar-refractivity contribution is 7.86. The Bertz CT molecular complexity index is 502. The molecule has 1 unspecified atom stereocenters. The smallest absolute Gasteiger partial charge is 0.296 e. The van der Waals surface area contributed by atoms with E-state index in [0.717, 1.165) is 32.1 Å². The first-order chi connectivity index (χ1) is 11.1. The molecule has 1 rings (SSSR count). The van der Waals surface area contributed by atoms with Gasteiger partial charge in [0.05, 0.1) is 11.5 Å². The van der Waals surface area contributed by atoms with E-state index in [1.54, 1.807) is 30.3 Å². The van der Waals surface area contributed by atoms with E-state index < -0.39 is 10.1 Å². The zero-order valence-corrected chi connectivity index (χ0v) is 15.1. The molecular formula is C18H31NO3S. The van der Waals surface area contributed by atoms with Crippen LogP contribution in [0, 0.1) is 0 Å². The van der Waals surface area contributed by atoms with Crippen molar-refractivity contribution in [1.29, 1.82) is 0 Å². The number of rotatable bonds is 13. The molecule has 0 saturated carbocycles. The third-order valence-electron chi connectivity index (χ3n) is 4.01. The summed E-state index contributed by atoms with van der Waals surface area (Å²) in [5.74, 6) is 0. The van der Waals surface area contributed by atoms with Crippen LogP contribution in [0.4, 0.5) is 0 Å². The quantitative estimate of drug-likeness (QED) is 0.430. The summed E-state index contributed by atoms with van der Waals surface area (Å²) in [7, 11) is -3.59. The van der Waals surface area contributed by atoms with Crippen molar-refractivity contribution in [2.45, 2.75) is 75.6 Å². The Morgan fingerprint density at radius 2 is 1.52 bits per heavy atom. The lowest BCUT2D eigenvalue weighted by Crippen LogP contribution is -2.17. The molecule has 0 fully saturated rings. The van der Waals surface area contributed by atoms with Gasteiger partial charge in [-0.15, -0.1) is 0 Å². The molecule has 1 atom stereocenters. The van der Waals surface area contributed by atoms with Crippen molar-refractivity contribution in [3.63, 3.8) is 0 Å². The van der Waals surface area contributed by atoms with Crippen LogP contribution >= 0.6 is 0 Å². The summed E-state index contributed by atoms with van der Waals surface area (Å²) in [4.78, 5) is 0.227. The van der Waals surface area contributed by atoms with Gasteiger partial charge in [-0.05, 0) is 31.4 Å². The van der Waals surface area contributed by atoms with Gasteiger partial charge in [-0.2, -0.15) is 8.42 Å². The van der Waals surface area contributed by atoms with Crippen molar-refractivity contribution in [3.8, 4) is 0 Å². The van der Waals surface area contributed by atoms with Crippen LogP contribution in [0.1, 0.15) is 64.7 Å². The average Bonchev–Trinajstić information content (AvgIpc) is 2.57. The molecule has 0 bridgehead atoms. The molecule has 1 aromatic rings. The van der Waals surface area contributed by atoms with Gasteiger partial charge >= 0.3 is 0 Å². The molecule has 0 aliphatic heterocycles. The Hall–Kier alpha value is -0.910. The fourth-order valence-corrected chi connectivity index (χ4v) is 3.38. The van der Waals surface area contributed by atoms with E-state index in [9.17, 15) is 8.42 Å². The summed E-state index contributed by atoms with van der Waals surface area (Å²) in [5.41, 5.74) is 5.88. The molecule has 0 aliphatic carbocycles. The molecular weight excluding hydrogens is 310 g/mol. The van der Waals surface area contributed by atoms with Gasteiger partial charge in [0.25, 0.3) is 10.1 Å². The molecule has 2 N–H and O–H groups in total. The number of unbranched alkanes of at least 4 members (excludes halogenated alkanes) is 6. The first kappa shape index (κ1) is 20.1. The van der Waals surface area contributed by atoms with Crippen molar-refractivity contribution in [2.75, 3.05) is 6.61 Å². The molecule has 0 amide bonds. The topological polar surface area (TPSA) is 69.4 Å². The Kier molecular flexibility index (Phi) is 10.2. The van der Waals surface area contributed by atoms with E-state index in [4.69, 9.17) is 9.92 Å². The molecule has 132 valence electrons. The summed E-state index contributed by atoms with van der Waals surface area (Å²) >= 11 is 0. The molecule has 5 heteroatoms. The second kappa shape index (κ2) is 11.6. The van der Waals surface area contributed by atoms with Crippen LogP contribution in [0.25, 0.3) is 0 Å². The van der Waals surface area contributed by atoms with Gasteiger partial charge in [-0.25, -0.2) is 0 Å². The molecule has 23 heavy (non-hydrogen) atoms. The van der Waals surface area contributed by atoms with Crippen molar-refractivity contribution in [2.24, 2.45) is 5.73 Å². The lowest BCUT2D eigenvalue weighted by atomic mass is 10.0. The molecule has 0 saturated heterocycles. The van der Waals surface area contributed by atoms with Crippen molar-refractivity contribution >= 4 is 10.1 Å². The van der Waals surface area contributed by atoms with Crippen LogP contribution in [0.3, 0.4) is 0 Å². The molecule has 0 aliphatic rings. The number of benzene rings is 1. The minimum atomic E-state index is -3.59. The number of nitrogens with two attached hydrogens (primary N) is 1. The summed E-state index contributed by atoms with van der Waals surface area (Å²) < 4.78 is 28.8. The van der Waals surface area contributed by atoms with Crippen molar-refractivity contribution in [3.05, 3.63) is 30.3 Å². The Morgan fingerprint density at radius 3 is 2.13 bits per heavy atom. The van der Waals surface area contributed by atoms with Gasteiger partial charge in [-0.3, -0.25) is 4.18 Å². The molecule has 0 aromatic heterocycles. The fraction of sp³-hybridized carbons (Fsp3) is 0.667. The molecule has 0 heterocycles. The maximum Gasteiger partial charge on any atom is 0.296 e. The van der Waals surface area contributed by atoms with Gasteiger partial charge < -0.3 is 5.73 Å². The normalized spacial score (nSPS) is 13.1. The zero-order valence-electron chi connectivity index (χ0n) is 14.2. The minimum Gasteiger partial charge on any atom is -0.328 e. The molecule has 0 spiro atoms. The predicted octanol–water partition coefficient (Wildman–Crippen LogP) is 4.25. The number of hydrogen-bond acceptors (Lipinski definition) is 4. The molecule has 1 aromatic carbocycles. The van der Waals surface area contributed by atoms with Crippen LogP contribution in [0.2, 0.25) is 0 Å². The van der Waals surface area contributed by atoms with E-state index >= 15 is 0 Å². The zero-order chi connectivity index (χ0) is 17.0. The van der Waals surface area contributed by atoms with Crippen LogP contribution in [-0.2, 0) is 14.3 Å². The molecule has 0 radical (unpaired) electrons. The highest BCUT2D eigenvalue weighted by Gasteiger charge is 2.13. The Balaban J connectivity index is 2.00. The minimum absolute atomic E-state index is 0.227. The summed E-state index contributed by atoms with van der Waals surface area (Å²) in [6, 6.07) is 8.65. The van der Waals surface area contributed by atoms with E-state index in [0.29, 0.717) is 6.04 Å².